The lowest BCUT2D eigenvalue weighted by Crippen LogP contribution is -2.41. The van der Waals surface area contributed by atoms with Crippen molar-refractivity contribution in [2.24, 2.45) is 16.5 Å². The van der Waals surface area contributed by atoms with Gasteiger partial charge in [0, 0.05) is 27.2 Å². The fraction of sp³-hybridized carbons (Fsp3) is 0.579. The lowest BCUT2D eigenvalue weighted by atomic mass is 10.1. The van der Waals surface area contributed by atoms with Crippen LogP contribution in [0.2, 0.25) is 0 Å². The molecule has 2 rings (SSSR count). The molecule has 2 heterocycles. The van der Waals surface area contributed by atoms with Gasteiger partial charge < -0.3 is 36.1 Å². The van der Waals surface area contributed by atoms with Gasteiger partial charge in [0.2, 0.25) is 0 Å². The molecule has 2 aromatic rings. The summed E-state index contributed by atoms with van der Waals surface area (Å²) in [7, 11) is 3.81. The average Bonchev–Trinajstić information content (AvgIpc) is 3.15. The van der Waals surface area contributed by atoms with Crippen LogP contribution < -0.4 is 21.7 Å². The molecule has 6 N–H and O–H groups in total. The van der Waals surface area contributed by atoms with Crippen LogP contribution in [-0.4, -0.2) is 75.9 Å². The number of anilines is 1. The fourth-order valence-corrected chi connectivity index (χ4v) is 3.03. The van der Waals surface area contributed by atoms with Crippen LogP contribution >= 0.6 is 0 Å². The van der Waals surface area contributed by atoms with Gasteiger partial charge in [-0.3, -0.25) is 4.99 Å². The highest BCUT2D eigenvalue weighted by Gasteiger charge is 2.20. The number of guanidine groups is 1. The Kier molecular flexibility index (Phi) is 9.44. The van der Waals surface area contributed by atoms with E-state index in [1.807, 2.05) is 23.6 Å². The third-order valence-corrected chi connectivity index (χ3v) is 4.62. The van der Waals surface area contributed by atoms with Crippen LogP contribution in [0, 0.1) is 0 Å². The summed E-state index contributed by atoms with van der Waals surface area (Å²) < 4.78 is 7.06. The summed E-state index contributed by atoms with van der Waals surface area (Å²) in [5, 5.41) is 11.6. The molecular formula is C19H31N9O4. The standard InChI is InChI=1S/C19H31N9O4/c1-27(2)15-14-16(24-11-23-15)28(12-25-14)9-4-3-5-10-32-19(31)26-13(17(29)30)7-6-8-22-18(20)21/h11-13H,3-10H2,1-2H3,(H,26,31)(H,29,30)(H4,20,21,22)/t13-/m1/s1. The molecule has 0 fully saturated rings. The van der Waals surface area contributed by atoms with Gasteiger partial charge in [0.25, 0.3) is 0 Å². The molecule has 0 aliphatic carbocycles. The second-order valence-electron chi connectivity index (χ2n) is 7.38. The van der Waals surface area contributed by atoms with Gasteiger partial charge in [0.1, 0.15) is 12.4 Å². The van der Waals surface area contributed by atoms with E-state index in [0.29, 0.717) is 12.8 Å². The third kappa shape index (κ3) is 7.56. The second kappa shape index (κ2) is 12.3. The van der Waals surface area contributed by atoms with Crippen LogP contribution in [0.25, 0.3) is 11.2 Å². The maximum atomic E-state index is 11.9. The van der Waals surface area contributed by atoms with E-state index in [1.165, 1.54) is 6.33 Å². The number of unbranched alkanes of at least 4 members (excludes halogenated alkanes) is 2. The fourth-order valence-electron chi connectivity index (χ4n) is 3.03. The first-order valence-electron chi connectivity index (χ1n) is 10.3. The molecule has 0 aliphatic heterocycles. The number of nitrogens with two attached hydrogens (primary N) is 2. The van der Waals surface area contributed by atoms with Crippen molar-refractivity contribution in [2.75, 3.05) is 32.1 Å². The zero-order valence-electron chi connectivity index (χ0n) is 18.4. The topological polar surface area (TPSA) is 187 Å². The molecule has 0 aliphatic rings. The van der Waals surface area contributed by atoms with E-state index in [1.54, 1.807) is 6.33 Å². The molecule has 0 saturated heterocycles. The number of carbonyl (C=O) groups excluding carboxylic acids is 1. The Bertz CT molecular complexity index is 925. The molecule has 13 heteroatoms. The molecule has 0 saturated carbocycles. The predicted octanol–water partition coefficient (Wildman–Crippen LogP) is 0.296. The minimum Gasteiger partial charge on any atom is -0.480 e. The summed E-state index contributed by atoms with van der Waals surface area (Å²) in [6.45, 7) is 1.21. The van der Waals surface area contributed by atoms with Gasteiger partial charge in [-0.05, 0) is 32.1 Å². The van der Waals surface area contributed by atoms with Crippen LogP contribution in [0.4, 0.5) is 10.6 Å². The molecule has 32 heavy (non-hydrogen) atoms. The molecule has 0 spiro atoms. The van der Waals surface area contributed by atoms with Gasteiger partial charge in [-0.2, -0.15) is 0 Å². The Morgan fingerprint density at radius 3 is 2.69 bits per heavy atom. The van der Waals surface area contributed by atoms with Gasteiger partial charge in [-0.15, -0.1) is 0 Å². The highest BCUT2D eigenvalue weighted by Crippen LogP contribution is 2.19. The number of ether oxygens (including phenoxy) is 1. The number of carbonyl (C=O) groups is 2. The SMILES string of the molecule is CN(C)c1ncnc2c1ncn2CCCCCOC(=O)N[C@H](CCCN=C(N)N)C(=O)O. The molecule has 176 valence electrons. The Balaban J connectivity index is 1.67. The molecule has 0 radical (unpaired) electrons. The monoisotopic (exact) mass is 449 g/mol. The highest BCUT2D eigenvalue weighted by molar-refractivity contribution is 5.83. The number of amides is 1. The number of carboxylic acid groups (broad SMARTS) is 1. The van der Waals surface area contributed by atoms with Crippen molar-refractivity contribution in [3.05, 3.63) is 12.7 Å². The summed E-state index contributed by atoms with van der Waals surface area (Å²) in [5.74, 6) is -0.429. The number of aliphatic imine (C=N–C) groups is 1. The number of aliphatic carboxylic acids is 1. The number of aryl methyl sites for hydroxylation is 1. The van der Waals surface area contributed by atoms with Crippen LogP contribution in [0.3, 0.4) is 0 Å². The molecule has 2 aromatic heterocycles. The van der Waals surface area contributed by atoms with Crippen molar-refractivity contribution < 1.29 is 19.4 Å². The van der Waals surface area contributed by atoms with Crippen LogP contribution in [0.5, 0.6) is 0 Å². The van der Waals surface area contributed by atoms with E-state index in [2.05, 4.69) is 25.3 Å². The summed E-state index contributed by atoms with van der Waals surface area (Å²) in [6, 6.07) is -1.06. The molecule has 0 bridgehead atoms. The lowest BCUT2D eigenvalue weighted by Gasteiger charge is -2.14. The van der Waals surface area contributed by atoms with Crippen molar-refractivity contribution >= 4 is 35.0 Å². The normalized spacial score (nSPS) is 11.7. The van der Waals surface area contributed by atoms with E-state index in [0.717, 1.165) is 36.4 Å². The zero-order chi connectivity index (χ0) is 23.5. The minimum atomic E-state index is -1.14. The minimum absolute atomic E-state index is 0.0583. The van der Waals surface area contributed by atoms with E-state index >= 15 is 0 Å². The Morgan fingerprint density at radius 2 is 2.00 bits per heavy atom. The van der Waals surface area contributed by atoms with E-state index in [-0.39, 0.29) is 25.5 Å². The quantitative estimate of drug-likeness (QED) is 0.188. The number of rotatable bonds is 13. The Morgan fingerprint density at radius 1 is 1.22 bits per heavy atom. The van der Waals surface area contributed by atoms with Gasteiger partial charge in [0.05, 0.1) is 12.9 Å². The van der Waals surface area contributed by atoms with Crippen molar-refractivity contribution in [1.29, 1.82) is 0 Å². The van der Waals surface area contributed by atoms with Gasteiger partial charge >= 0.3 is 12.1 Å². The molecular weight excluding hydrogens is 418 g/mol. The maximum absolute atomic E-state index is 11.9. The number of fused-ring (bicyclic) bond motifs is 1. The average molecular weight is 450 g/mol. The van der Waals surface area contributed by atoms with E-state index < -0.39 is 18.1 Å². The predicted molar refractivity (Wildman–Crippen MR) is 119 cm³/mol. The number of nitrogens with one attached hydrogen (secondary N) is 1. The highest BCUT2D eigenvalue weighted by atomic mass is 16.5. The Labute approximate surface area is 185 Å². The smallest absolute Gasteiger partial charge is 0.407 e. The Hall–Kier alpha value is -3.64. The summed E-state index contributed by atoms with van der Waals surface area (Å²) in [6.07, 6.45) is 5.44. The first kappa shape index (κ1) is 24.6. The molecule has 1 amide bonds. The molecule has 1 atom stereocenters. The van der Waals surface area contributed by atoms with Gasteiger partial charge in [-0.1, -0.05) is 0 Å². The van der Waals surface area contributed by atoms with Crippen molar-refractivity contribution in [3.63, 3.8) is 0 Å². The van der Waals surface area contributed by atoms with Crippen molar-refractivity contribution in [1.82, 2.24) is 24.8 Å². The molecule has 13 nitrogen and oxygen atoms in total. The van der Waals surface area contributed by atoms with Crippen molar-refractivity contribution in [3.8, 4) is 0 Å². The van der Waals surface area contributed by atoms with E-state index in [9.17, 15) is 14.7 Å². The third-order valence-electron chi connectivity index (χ3n) is 4.62. The number of imidazole rings is 1. The number of carboxylic acids is 1. The summed E-state index contributed by atoms with van der Waals surface area (Å²) >= 11 is 0. The van der Waals surface area contributed by atoms with Crippen LogP contribution in [0.15, 0.2) is 17.6 Å². The van der Waals surface area contributed by atoms with Gasteiger partial charge in [0.15, 0.2) is 22.9 Å². The number of alkyl carbamates (subject to hydrolysis) is 1. The van der Waals surface area contributed by atoms with Crippen LogP contribution in [-0.2, 0) is 16.1 Å². The number of nitrogens with zero attached hydrogens (tertiary/aromatic N) is 6. The number of hydrogen-bond acceptors (Lipinski definition) is 8. The first-order valence-corrected chi connectivity index (χ1v) is 10.3. The summed E-state index contributed by atoms with van der Waals surface area (Å²) in [4.78, 5) is 41.8. The largest absolute Gasteiger partial charge is 0.480 e. The van der Waals surface area contributed by atoms with E-state index in [4.69, 9.17) is 16.2 Å². The van der Waals surface area contributed by atoms with Crippen LogP contribution in [0.1, 0.15) is 32.1 Å². The first-order chi connectivity index (χ1) is 15.3. The maximum Gasteiger partial charge on any atom is 0.407 e. The number of hydrogen-bond donors (Lipinski definition) is 4. The van der Waals surface area contributed by atoms with Gasteiger partial charge in [-0.25, -0.2) is 24.5 Å². The molecule has 0 aromatic carbocycles. The zero-order valence-corrected chi connectivity index (χ0v) is 18.4. The number of aromatic nitrogens is 4. The lowest BCUT2D eigenvalue weighted by molar-refractivity contribution is -0.139. The second-order valence-corrected chi connectivity index (χ2v) is 7.38. The van der Waals surface area contributed by atoms with Crippen molar-refractivity contribution in [2.45, 2.75) is 44.7 Å². The summed E-state index contributed by atoms with van der Waals surface area (Å²) in [5.41, 5.74) is 12.0. The molecule has 0 unspecified atom stereocenters.